The van der Waals surface area contributed by atoms with Gasteiger partial charge in [0, 0.05) is 7.05 Å². The van der Waals surface area contributed by atoms with E-state index in [1.165, 1.54) is 37.7 Å². The molecule has 0 fully saturated rings. The lowest BCUT2D eigenvalue weighted by Crippen LogP contribution is -2.32. The number of hydrogen-bond donors (Lipinski definition) is 2. The van der Waals surface area contributed by atoms with Gasteiger partial charge in [-0.3, -0.25) is 4.79 Å². The van der Waals surface area contributed by atoms with Gasteiger partial charge in [0.15, 0.2) is 17.8 Å². The van der Waals surface area contributed by atoms with Crippen LogP contribution in [0.4, 0.5) is 23.2 Å². The molecule has 2 aromatic carbocycles. The lowest BCUT2D eigenvalue weighted by Gasteiger charge is -2.20. The Morgan fingerprint density at radius 3 is 2.44 bits per heavy atom. The van der Waals surface area contributed by atoms with E-state index in [1.807, 2.05) is 0 Å². The van der Waals surface area contributed by atoms with Gasteiger partial charge < -0.3 is 15.2 Å². The summed E-state index contributed by atoms with van der Waals surface area (Å²) in [6, 6.07) is 7.83. The third-order valence-corrected chi connectivity index (χ3v) is 5.08. The van der Waals surface area contributed by atoms with Gasteiger partial charge in [0.2, 0.25) is 0 Å². The number of benzene rings is 2. The fraction of sp³-hybridized carbons (Fsp3) is 0.318. The SMILES string of the molecule is C[C@H](Oc1cc(-c2nc(C(C)(C)O)n(C)n2)c(F)cc1C(=O)Nc1ccccc1Cl)C(F)(F)F. The van der Waals surface area contributed by atoms with Crippen LogP contribution in [0.3, 0.4) is 0 Å². The van der Waals surface area contributed by atoms with E-state index in [-0.39, 0.29) is 27.9 Å². The van der Waals surface area contributed by atoms with Crippen LogP contribution in [0.25, 0.3) is 11.4 Å². The summed E-state index contributed by atoms with van der Waals surface area (Å²) in [5.74, 6) is -2.57. The molecule has 34 heavy (non-hydrogen) atoms. The van der Waals surface area contributed by atoms with Crippen molar-refractivity contribution in [3.8, 4) is 17.1 Å². The van der Waals surface area contributed by atoms with Gasteiger partial charge in [-0.25, -0.2) is 14.1 Å². The number of para-hydroxylation sites is 1. The molecule has 3 aromatic rings. The molecule has 0 radical (unpaired) electrons. The molecule has 0 bridgehead atoms. The van der Waals surface area contributed by atoms with E-state index in [1.54, 1.807) is 12.1 Å². The Morgan fingerprint density at radius 2 is 1.88 bits per heavy atom. The molecule has 3 rings (SSSR count). The second-order valence-electron chi connectivity index (χ2n) is 8.01. The van der Waals surface area contributed by atoms with E-state index in [4.69, 9.17) is 16.3 Å². The molecule has 0 saturated heterocycles. The molecule has 2 N–H and O–H groups in total. The van der Waals surface area contributed by atoms with E-state index in [9.17, 15) is 23.1 Å². The lowest BCUT2D eigenvalue weighted by molar-refractivity contribution is -0.189. The van der Waals surface area contributed by atoms with Gasteiger partial charge in [-0.05, 0) is 45.0 Å². The molecule has 0 saturated carbocycles. The lowest BCUT2D eigenvalue weighted by atomic mass is 10.1. The van der Waals surface area contributed by atoms with Crippen molar-refractivity contribution < 1.29 is 32.2 Å². The molecule has 0 spiro atoms. The van der Waals surface area contributed by atoms with Crippen molar-refractivity contribution in [2.75, 3.05) is 5.32 Å². The third-order valence-electron chi connectivity index (χ3n) is 4.75. The van der Waals surface area contributed by atoms with Crippen molar-refractivity contribution in [2.24, 2.45) is 7.05 Å². The third kappa shape index (κ3) is 5.48. The van der Waals surface area contributed by atoms with E-state index in [0.717, 1.165) is 19.1 Å². The first-order valence-electron chi connectivity index (χ1n) is 9.95. The van der Waals surface area contributed by atoms with Crippen LogP contribution in [0, 0.1) is 5.82 Å². The molecule has 0 aliphatic heterocycles. The normalized spacial score (nSPS) is 13.0. The summed E-state index contributed by atoms with van der Waals surface area (Å²) in [6.07, 6.45) is -7.05. The van der Waals surface area contributed by atoms with E-state index >= 15 is 4.39 Å². The summed E-state index contributed by atoms with van der Waals surface area (Å²) in [5, 5.41) is 16.9. The number of halogens is 5. The topological polar surface area (TPSA) is 89.3 Å². The molecule has 1 aromatic heterocycles. The summed E-state index contributed by atoms with van der Waals surface area (Å²) in [4.78, 5) is 16.9. The summed E-state index contributed by atoms with van der Waals surface area (Å²) in [6.45, 7) is 3.64. The van der Waals surface area contributed by atoms with Crippen LogP contribution in [0.15, 0.2) is 36.4 Å². The molecular weight excluding hydrogens is 480 g/mol. The number of ether oxygens (including phenoxy) is 1. The number of nitrogens with zero attached hydrogens (tertiary/aromatic N) is 3. The van der Waals surface area contributed by atoms with E-state index < -0.39 is 40.9 Å². The van der Waals surface area contributed by atoms with Crippen LogP contribution in [0.2, 0.25) is 5.02 Å². The van der Waals surface area contributed by atoms with Crippen molar-refractivity contribution in [3.63, 3.8) is 0 Å². The first-order chi connectivity index (χ1) is 15.7. The van der Waals surface area contributed by atoms with Gasteiger partial charge in [0.1, 0.15) is 17.2 Å². The van der Waals surface area contributed by atoms with Crippen LogP contribution < -0.4 is 10.1 Å². The molecule has 1 heterocycles. The number of alkyl halides is 3. The van der Waals surface area contributed by atoms with Crippen molar-refractivity contribution >= 4 is 23.2 Å². The minimum atomic E-state index is -4.75. The quantitative estimate of drug-likeness (QED) is 0.461. The van der Waals surface area contributed by atoms with E-state index in [0.29, 0.717) is 0 Å². The van der Waals surface area contributed by atoms with Crippen LogP contribution >= 0.6 is 11.6 Å². The zero-order valence-corrected chi connectivity index (χ0v) is 19.3. The van der Waals surface area contributed by atoms with Gasteiger partial charge in [-0.15, -0.1) is 0 Å². The minimum absolute atomic E-state index is 0.0913. The smallest absolute Gasteiger partial charge is 0.425 e. The van der Waals surface area contributed by atoms with Crippen LogP contribution in [-0.4, -0.2) is 38.1 Å². The fourth-order valence-corrected chi connectivity index (χ4v) is 3.22. The summed E-state index contributed by atoms with van der Waals surface area (Å²) in [7, 11) is 1.47. The Labute approximate surface area is 197 Å². The van der Waals surface area contributed by atoms with Gasteiger partial charge in [-0.1, -0.05) is 23.7 Å². The second-order valence-corrected chi connectivity index (χ2v) is 8.41. The van der Waals surface area contributed by atoms with Crippen molar-refractivity contribution in [1.82, 2.24) is 14.8 Å². The number of aryl methyl sites for hydroxylation is 1. The average Bonchev–Trinajstić information content (AvgIpc) is 3.11. The highest BCUT2D eigenvalue weighted by Crippen LogP contribution is 2.34. The highest BCUT2D eigenvalue weighted by atomic mass is 35.5. The number of rotatable bonds is 6. The number of aliphatic hydroxyl groups is 1. The maximum Gasteiger partial charge on any atom is 0.425 e. The first kappa shape index (κ1) is 25.4. The van der Waals surface area contributed by atoms with Gasteiger partial charge in [0.05, 0.1) is 21.8 Å². The fourth-order valence-electron chi connectivity index (χ4n) is 3.04. The summed E-state index contributed by atoms with van der Waals surface area (Å²) < 4.78 is 60.9. The monoisotopic (exact) mass is 500 g/mol. The largest absolute Gasteiger partial charge is 0.480 e. The zero-order valence-electron chi connectivity index (χ0n) is 18.5. The van der Waals surface area contributed by atoms with Gasteiger partial charge in [0.25, 0.3) is 5.91 Å². The maximum atomic E-state index is 15.1. The number of amides is 1. The number of hydrogen-bond acceptors (Lipinski definition) is 5. The zero-order chi connectivity index (χ0) is 25.4. The average molecular weight is 501 g/mol. The van der Waals surface area contributed by atoms with Crippen LogP contribution in [0.5, 0.6) is 5.75 Å². The Balaban J connectivity index is 2.10. The Kier molecular flexibility index (Phi) is 6.90. The Bertz CT molecular complexity index is 1220. The highest BCUT2D eigenvalue weighted by molar-refractivity contribution is 6.33. The number of nitrogens with one attached hydrogen (secondary N) is 1. The van der Waals surface area contributed by atoms with E-state index in [2.05, 4.69) is 15.4 Å². The number of carbonyl (C=O) groups excluding carboxylic acids is 1. The van der Waals surface area contributed by atoms with Crippen LogP contribution in [0.1, 0.15) is 37.0 Å². The minimum Gasteiger partial charge on any atom is -0.480 e. The second kappa shape index (κ2) is 9.22. The van der Waals surface area contributed by atoms with Crippen LogP contribution in [-0.2, 0) is 12.6 Å². The number of carbonyl (C=O) groups is 1. The Morgan fingerprint density at radius 1 is 1.24 bits per heavy atom. The summed E-state index contributed by atoms with van der Waals surface area (Å²) >= 11 is 6.02. The Hall–Kier alpha value is -3.18. The van der Waals surface area contributed by atoms with Gasteiger partial charge in [-0.2, -0.15) is 18.3 Å². The standard InChI is InChI=1S/C22H21ClF4N4O3/c1-11(22(25,26)27)34-17-10-12(18-29-20(21(2,3)33)31(4)30-18)15(24)9-13(17)19(32)28-16-8-6-5-7-14(16)23/h5-11,33H,1-4H3,(H,28,32)/t11-/m0/s1. The summed E-state index contributed by atoms with van der Waals surface area (Å²) in [5.41, 5.74) is -2.05. The molecular formula is C22H21ClF4N4O3. The number of anilines is 1. The molecule has 1 atom stereocenters. The molecule has 0 unspecified atom stereocenters. The molecule has 7 nitrogen and oxygen atoms in total. The van der Waals surface area contributed by atoms with Crippen molar-refractivity contribution in [1.29, 1.82) is 0 Å². The maximum absolute atomic E-state index is 15.1. The highest BCUT2D eigenvalue weighted by Gasteiger charge is 2.39. The molecule has 0 aliphatic carbocycles. The van der Waals surface area contributed by atoms with Gasteiger partial charge >= 0.3 is 6.18 Å². The molecule has 0 aliphatic rings. The number of aromatic nitrogens is 3. The predicted molar refractivity (Wildman–Crippen MR) is 117 cm³/mol. The van der Waals surface area contributed by atoms with Crippen molar-refractivity contribution in [2.45, 2.75) is 38.7 Å². The molecule has 1 amide bonds. The molecule has 182 valence electrons. The first-order valence-corrected chi connectivity index (χ1v) is 10.3. The predicted octanol–water partition coefficient (Wildman–Crippen LogP) is 5.08. The molecule has 12 heteroatoms. The van der Waals surface area contributed by atoms with Crippen molar-refractivity contribution in [3.05, 3.63) is 58.6 Å².